The molecule has 46 heavy (non-hydrogen) atoms. The first-order valence-electron chi connectivity index (χ1n) is 13.3. The molecule has 3 aliphatic heterocycles. The van der Waals surface area contributed by atoms with Crippen LogP contribution in [0.25, 0.3) is 22.3 Å². The molecule has 18 nitrogen and oxygen atoms in total. The Morgan fingerprint density at radius 1 is 1.00 bits per heavy atom. The van der Waals surface area contributed by atoms with Crippen molar-refractivity contribution in [1.82, 2.24) is 39.0 Å². The molecule has 3 fully saturated rings. The van der Waals surface area contributed by atoms with Crippen LogP contribution in [0, 0.1) is 5.69 Å². The maximum absolute atomic E-state index is 16.8. The molecule has 0 aromatic carbocycles. The molecule has 0 aliphatic carbocycles. The highest BCUT2D eigenvalue weighted by Gasteiger charge is 2.60. The molecule has 24 heteroatoms. The monoisotopic (exact) mass is 720 g/mol. The Bertz CT molecular complexity index is 1980. The van der Waals surface area contributed by atoms with E-state index in [1.165, 1.54) is 21.8 Å². The molecule has 3 aliphatic rings. The lowest BCUT2D eigenvalue weighted by Gasteiger charge is -2.31. The largest absolute Gasteiger partial charge is 0.418 e. The first kappa shape index (κ1) is 31.7. The summed E-state index contributed by atoms with van der Waals surface area (Å²) >= 11 is 5.19. The Balaban J connectivity index is 1.21. The van der Waals surface area contributed by atoms with E-state index >= 15 is 8.78 Å². The highest BCUT2D eigenvalue weighted by Crippen LogP contribution is 2.61. The zero-order chi connectivity index (χ0) is 32.6. The minimum atomic E-state index is -4.43. The average Bonchev–Trinajstić information content (AvgIpc) is 3.76. The molecule has 10 atom stereocenters. The molecule has 1 unspecified atom stereocenters. The van der Waals surface area contributed by atoms with Crippen LogP contribution in [0.3, 0.4) is 0 Å². The number of hydrogen-bond acceptors (Lipinski definition) is 16. The summed E-state index contributed by atoms with van der Waals surface area (Å²) in [4.78, 5) is 35.2. The number of ether oxygens (including phenoxy) is 2. The summed E-state index contributed by atoms with van der Waals surface area (Å²) < 4.78 is 83.5. The van der Waals surface area contributed by atoms with Gasteiger partial charge < -0.3 is 30.4 Å². The van der Waals surface area contributed by atoms with Crippen LogP contribution in [-0.2, 0) is 43.9 Å². The van der Waals surface area contributed by atoms with E-state index in [0.29, 0.717) is 0 Å². The highest BCUT2D eigenvalue weighted by molar-refractivity contribution is 8.48. The van der Waals surface area contributed by atoms with E-state index in [1.807, 2.05) is 0 Å². The summed E-state index contributed by atoms with van der Waals surface area (Å²) in [6.07, 6.45) is -6.21. The normalized spacial score (nSPS) is 38.6. The summed E-state index contributed by atoms with van der Waals surface area (Å²) in [6, 6.07) is 0. The lowest BCUT2D eigenvalue weighted by atomic mass is 9.98. The molecule has 4 aromatic heterocycles. The molecular weight excluding hydrogens is 696 g/mol. The predicted octanol–water partition coefficient (Wildman–Crippen LogP) is 2.16. The topological polar surface area (TPSA) is 232 Å². The molecule has 0 spiro atoms. The zero-order valence-corrected chi connectivity index (χ0v) is 26.8. The van der Waals surface area contributed by atoms with Gasteiger partial charge in [0.15, 0.2) is 47.2 Å². The van der Waals surface area contributed by atoms with E-state index in [9.17, 15) is 9.46 Å². The van der Waals surface area contributed by atoms with E-state index in [-0.39, 0.29) is 44.8 Å². The van der Waals surface area contributed by atoms with Crippen molar-refractivity contribution in [2.24, 2.45) is 0 Å². The Hall–Kier alpha value is -2.84. The van der Waals surface area contributed by atoms with E-state index < -0.39 is 75.4 Å². The zero-order valence-electron chi connectivity index (χ0n) is 23.3. The number of rotatable bonds is 2. The summed E-state index contributed by atoms with van der Waals surface area (Å²) in [6.45, 7) is -8.89. The number of fused-ring (bicyclic) bond motifs is 4. The lowest BCUT2D eigenvalue weighted by molar-refractivity contribution is -0.0593. The van der Waals surface area contributed by atoms with Crippen molar-refractivity contribution in [3.05, 3.63) is 25.3 Å². The minimum absolute atomic E-state index is 0.0451. The van der Waals surface area contributed by atoms with Gasteiger partial charge in [0.2, 0.25) is 0 Å². The van der Waals surface area contributed by atoms with Crippen molar-refractivity contribution >= 4 is 70.1 Å². The Morgan fingerprint density at radius 2 is 1.61 bits per heavy atom. The Labute approximate surface area is 265 Å². The van der Waals surface area contributed by atoms with E-state index in [1.54, 1.807) is 0 Å². The van der Waals surface area contributed by atoms with E-state index in [4.69, 9.17) is 56.5 Å². The SMILES string of the molecule is C#S[P@]1(=O)OC[C@H]2O[C@@H](n3cnc4c(N)ncnc43)[C@H](F)[C@@H]2OP(O)(=S)OC[C@H]2O[C@@H](n3cnc4c(N)ncnc43)[C@](C)(F)[C@@H]2O1. The van der Waals surface area contributed by atoms with Gasteiger partial charge in [-0.1, -0.05) is 5.69 Å². The second kappa shape index (κ2) is 11.4. The van der Waals surface area contributed by atoms with Crippen LogP contribution in [0.15, 0.2) is 25.3 Å². The van der Waals surface area contributed by atoms with Gasteiger partial charge in [-0.05, 0) is 29.5 Å². The van der Waals surface area contributed by atoms with Crippen LogP contribution in [0.1, 0.15) is 19.4 Å². The third-order valence-corrected chi connectivity index (χ3v) is 11.8. The van der Waals surface area contributed by atoms with Gasteiger partial charge >= 0.3 is 13.5 Å². The fourth-order valence-corrected chi connectivity index (χ4v) is 8.88. The van der Waals surface area contributed by atoms with Gasteiger partial charge in [-0.15, -0.1) is 0 Å². The number of aromatic nitrogens is 8. The van der Waals surface area contributed by atoms with E-state index in [2.05, 4.69) is 29.9 Å². The molecule has 0 saturated carbocycles. The van der Waals surface area contributed by atoms with Crippen LogP contribution in [0.4, 0.5) is 20.4 Å². The van der Waals surface area contributed by atoms with Crippen molar-refractivity contribution in [2.75, 3.05) is 24.7 Å². The number of imidazole rings is 2. The number of hydrogen-bond donors (Lipinski definition) is 3. The standard InChI is InChI=1S/C22H24F2N10O8P2S2/c1-22(24)15-10(40-21(22)34-8-32-13-17(26)28-6-30-19(13)34)4-37-43(35,45)41-14-9(3-38-44(36,42-15)46-2)39-20(11(14)23)33-7-31-12-16(25)27-5-29-18(12)33/h2,5-11,14-15,20-21H,3-4H2,1H3,(H,35,45)(H2,25,27,29)(H2,26,28,30)/t9-,10-,11-,14-,15-,20-,21-,22-,43?,44-/m1/s1. The number of nitrogens with zero attached hydrogens (tertiary/aromatic N) is 8. The minimum Gasteiger partial charge on any atom is -0.382 e. The Morgan fingerprint density at radius 3 is 2.26 bits per heavy atom. The quantitative estimate of drug-likeness (QED) is 0.252. The van der Waals surface area contributed by atoms with Gasteiger partial charge in [-0.3, -0.25) is 22.7 Å². The summed E-state index contributed by atoms with van der Waals surface area (Å²) in [5.41, 5.74) is 15.6. The van der Waals surface area contributed by atoms with Crippen LogP contribution >= 0.6 is 24.3 Å². The van der Waals surface area contributed by atoms with Crippen LogP contribution in [0.5, 0.6) is 0 Å². The van der Waals surface area contributed by atoms with Gasteiger partial charge in [0.1, 0.15) is 48.1 Å². The van der Waals surface area contributed by atoms with Crippen molar-refractivity contribution < 1.29 is 45.8 Å². The van der Waals surface area contributed by atoms with Gasteiger partial charge in [0, 0.05) is 0 Å². The number of anilines is 2. The molecule has 3 saturated heterocycles. The fourth-order valence-electron chi connectivity index (χ4n) is 5.53. The van der Waals surface area contributed by atoms with E-state index in [0.717, 1.165) is 19.6 Å². The van der Waals surface area contributed by atoms with Gasteiger partial charge in [-0.2, -0.15) is 0 Å². The van der Waals surface area contributed by atoms with Crippen molar-refractivity contribution in [1.29, 1.82) is 0 Å². The number of alkyl halides is 2. The molecule has 0 amide bonds. The smallest absolute Gasteiger partial charge is 0.382 e. The molecular formula is C22H24F2N10O8P2S2. The molecule has 0 radical (unpaired) electrons. The summed E-state index contributed by atoms with van der Waals surface area (Å²) in [5.74, 6) is 0.0952. The molecule has 7 rings (SSSR count). The number of nitrogen functional groups attached to an aromatic ring is 2. The van der Waals surface area contributed by atoms with Crippen LogP contribution in [0.2, 0.25) is 0 Å². The van der Waals surface area contributed by atoms with Crippen molar-refractivity contribution in [2.45, 2.75) is 55.6 Å². The lowest BCUT2D eigenvalue weighted by Crippen LogP contribution is -2.42. The number of nitrogens with two attached hydrogens (primary N) is 2. The van der Waals surface area contributed by atoms with Gasteiger partial charge in [0.05, 0.1) is 25.9 Å². The molecule has 4 aromatic rings. The van der Waals surface area contributed by atoms with Crippen LogP contribution in [-0.4, -0.2) is 93.4 Å². The maximum Gasteiger partial charge on any atom is 0.418 e. The van der Waals surface area contributed by atoms with Crippen molar-refractivity contribution in [3.63, 3.8) is 0 Å². The molecule has 5 N–H and O–H groups in total. The predicted molar refractivity (Wildman–Crippen MR) is 160 cm³/mol. The average molecular weight is 721 g/mol. The molecule has 246 valence electrons. The second-order valence-electron chi connectivity index (χ2n) is 10.6. The second-order valence-corrected chi connectivity index (χ2v) is 16.9. The molecule has 0 bridgehead atoms. The first-order valence-corrected chi connectivity index (χ1v) is 18.9. The molecule has 7 heterocycles. The summed E-state index contributed by atoms with van der Waals surface area (Å²) in [7, 11) is 0.181. The maximum atomic E-state index is 16.8. The van der Waals surface area contributed by atoms with Crippen molar-refractivity contribution in [3.8, 4) is 5.69 Å². The first-order chi connectivity index (χ1) is 21.8. The third-order valence-electron chi connectivity index (χ3n) is 7.67. The number of halogens is 2. The van der Waals surface area contributed by atoms with Gasteiger partial charge in [0.25, 0.3) is 0 Å². The summed E-state index contributed by atoms with van der Waals surface area (Å²) in [5, 5.41) is 0. The highest BCUT2D eigenvalue weighted by atomic mass is 32.7. The Kier molecular flexibility index (Phi) is 7.87. The third kappa shape index (κ3) is 5.28. The van der Waals surface area contributed by atoms with Gasteiger partial charge in [-0.25, -0.2) is 43.2 Å². The fraction of sp³-hybridized carbons (Fsp3) is 0.500. The van der Waals surface area contributed by atoms with Crippen LogP contribution < -0.4 is 11.5 Å².